The Labute approximate surface area is 121 Å². The van der Waals surface area contributed by atoms with E-state index in [1.165, 1.54) is 12.0 Å². The zero-order chi connectivity index (χ0) is 14.6. The second-order valence-corrected chi connectivity index (χ2v) is 6.24. The van der Waals surface area contributed by atoms with Crippen molar-refractivity contribution in [1.29, 1.82) is 0 Å². The van der Waals surface area contributed by atoms with Gasteiger partial charge in [-0.05, 0) is 43.0 Å². The molecule has 2 nitrogen and oxygen atoms in total. The first-order chi connectivity index (χ1) is 9.55. The maximum Gasteiger partial charge on any atom is 0.123 e. The van der Waals surface area contributed by atoms with Gasteiger partial charge < -0.3 is 10.1 Å². The van der Waals surface area contributed by atoms with Crippen LogP contribution < -0.4 is 5.32 Å². The van der Waals surface area contributed by atoms with Gasteiger partial charge in [-0.2, -0.15) is 0 Å². The van der Waals surface area contributed by atoms with Crippen molar-refractivity contribution in [3.05, 3.63) is 35.6 Å². The third kappa shape index (κ3) is 3.39. The van der Waals surface area contributed by atoms with Crippen LogP contribution >= 0.6 is 0 Å². The van der Waals surface area contributed by atoms with Crippen molar-refractivity contribution in [2.45, 2.75) is 45.1 Å². The molecule has 1 heterocycles. The molecule has 1 aliphatic rings. The highest BCUT2D eigenvalue weighted by molar-refractivity contribution is 5.27. The van der Waals surface area contributed by atoms with Crippen LogP contribution in [0.25, 0.3) is 0 Å². The summed E-state index contributed by atoms with van der Waals surface area (Å²) in [7, 11) is 0. The Morgan fingerprint density at radius 3 is 2.60 bits per heavy atom. The van der Waals surface area contributed by atoms with E-state index in [0.29, 0.717) is 12.0 Å². The fourth-order valence-electron chi connectivity index (χ4n) is 3.32. The number of benzene rings is 1. The third-order valence-corrected chi connectivity index (χ3v) is 4.46. The Morgan fingerprint density at radius 2 is 2.05 bits per heavy atom. The van der Waals surface area contributed by atoms with Crippen molar-refractivity contribution in [2.24, 2.45) is 5.92 Å². The summed E-state index contributed by atoms with van der Waals surface area (Å²) in [4.78, 5) is 0. The number of halogens is 1. The highest BCUT2D eigenvalue weighted by Crippen LogP contribution is 2.34. The van der Waals surface area contributed by atoms with E-state index in [9.17, 15) is 4.39 Å². The molecule has 2 atom stereocenters. The average Bonchev–Trinajstić information content (AvgIpc) is 2.46. The average molecular weight is 279 g/mol. The molecule has 1 aromatic carbocycles. The quantitative estimate of drug-likeness (QED) is 0.890. The molecule has 0 aromatic heterocycles. The molecule has 0 spiro atoms. The zero-order valence-electron chi connectivity index (χ0n) is 12.8. The number of ether oxygens (including phenoxy) is 1. The fourth-order valence-corrected chi connectivity index (χ4v) is 3.32. The van der Waals surface area contributed by atoms with Crippen molar-refractivity contribution >= 4 is 0 Å². The summed E-state index contributed by atoms with van der Waals surface area (Å²) in [5.74, 6) is 0.342. The second-order valence-electron chi connectivity index (χ2n) is 6.24. The number of hydrogen-bond donors (Lipinski definition) is 1. The van der Waals surface area contributed by atoms with Crippen molar-refractivity contribution < 1.29 is 9.13 Å². The van der Waals surface area contributed by atoms with E-state index in [-0.39, 0.29) is 11.2 Å². The summed E-state index contributed by atoms with van der Waals surface area (Å²) in [6.45, 7) is 9.25. The lowest BCUT2D eigenvalue weighted by atomic mass is 9.71. The van der Waals surface area contributed by atoms with Gasteiger partial charge in [0.15, 0.2) is 0 Å². The van der Waals surface area contributed by atoms with Crippen molar-refractivity contribution in [1.82, 2.24) is 5.32 Å². The minimum absolute atomic E-state index is 0.0466. The minimum atomic E-state index is -0.175. The van der Waals surface area contributed by atoms with E-state index in [4.69, 9.17) is 4.74 Å². The van der Waals surface area contributed by atoms with Crippen LogP contribution in [0.4, 0.5) is 4.39 Å². The summed E-state index contributed by atoms with van der Waals surface area (Å²) in [6, 6.07) is 7.26. The van der Waals surface area contributed by atoms with Gasteiger partial charge in [-0.1, -0.05) is 32.9 Å². The normalized spacial score (nSPS) is 21.7. The Morgan fingerprint density at radius 1 is 1.35 bits per heavy atom. The molecule has 0 radical (unpaired) electrons. The van der Waals surface area contributed by atoms with Crippen LogP contribution in [0.1, 0.15) is 39.2 Å². The highest BCUT2D eigenvalue weighted by atomic mass is 19.1. The molecule has 1 aromatic rings. The lowest BCUT2D eigenvalue weighted by Gasteiger charge is -2.42. The first-order valence-electron chi connectivity index (χ1n) is 7.63. The molecule has 0 amide bonds. The van der Waals surface area contributed by atoms with E-state index < -0.39 is 0 Å². The van der Waals surface area contributed by atoms with Crippen LogP contribution in [0, 0.1) is 11.7 Å². The van der Waals surface area contributed by atoms with Crippen LogP contribution in [-0.2, 0) is 10.2 Å². The standard InChI is InChI=1S/C17H26FNO/c1-4-19-16(13-6-5-11-20-12-13)17(2,3)14-7-9-15(18)10-8-14/h7-10,13,16,19H,4-6,11-12H2,1-3H3. The number of nitrogens with one attached hydrogen (secondary N) is 1. The van der Waals surface area contributed by atoms with Crippen LogP contribution in [-0.4, -0.2) is 25.8 Å². The molecule has 112 valence electrons. The molecule has 1 fully saturated rings. The van der Waals surface area contributed by atoms with Crippen molar-refractivity contribution in [2.75, 3.05) is 19.8 Å². The maximum absolute atomic E-state index is 13.1. The van der Waals surface area contributed by atoms with E-state index in [1.54, 1.807) is 12.1 Å². The van der Waals surface area contributed by atoms with Gasteiger partial charge in [0.1, 0.15) is 5.82 Å². The van der Waals surface area contributed by atoms with Gasteiger partial charge in [0.05, 0.1) is 6.61 Å². The number of likely N-dealkylation sites (N-methyl/N-ethyl adjacent to an activating group) is 1. The van der Waals surface area contributed by atoms with Crippen molar-refractivity contribution in [3.8, 4) is 0 Å². The SMILES string of the molecule is CCNC(C1CCCOC1)C(C)(C)c1ccc(F)cc1. The van der Waals surface area contributed by atoms with Gasteiger partial charge in [0.25, 0.3) is 0 Å². The molecule has 2 rings (SSSR count). The van der Waals surface area contributed by atoms with Crippen molar-refractivity contribution in [3.63, 3.8) is 0 Å². The van der Waals surface area contributed by atoms with Crippen LogP contribution in [0.2, 0.25) is 0 Å². The maximum atomic E-state index is 13.1. The molecule has 1 N–H and O–H groups in total. The first-order valence-corrected chi connectivity index (χ1v) is 7.63. The molecule has 0 saturated carbocycles. The topological polar surface area (TPSA) is 21.3 Å². The van der Waals surface area contributed by atoms with Crippen LogP contribution in [0.3, 0.4) is 0 Å². The Bertz CT molecular complexity index is 410. The molecule has 20 heavy (non-hydrogen) atoms. The van der Waals surface area contributed by atoms with E-state index in [2.05, 4.69) is 26.1 Å². The second kappa shape index (κ2) is 6.68. The Kier molecular flexibility index (Phi) is 5.17. The molecule has 1 saturated heterocycles. The van der Waals surface area contributed by atoms with Crippen LogP contribution in [0.15, 0.2) is 24.3 Å². The van der Waals surface area contributed by atoms with Gasteiger partial charge in [-0.15, -0.1) is 0 Å². The zero-order valence-corrected chi connectivity index (χ0v) is 12.8. The molecule has 1 aliphatic heterocycles. The fraction of sp³-hybridized carbons (Fsp3) is 0.647. The van der Waals surface area contributed by atoms with Gasteiger partial charge in [-0.25, -0.2) is 4.39 Å². The molecule has 2 unspecified atom stereocenters. The molecule has 3 heteroatoms. The predicted molar refractivity (Wildman–Crippen MR) is 80.4 cm³/mol. The van der Waals surface area contributed by atoms with Gasteiger partial charge in [0, 0.05) is 18.1 Å². The third-order valence-electron chi connectivity index (χ3n) is 4.46. The van der Waals surface area contributed by atoms with Gasteiger partial charge in [0.2, 0.25) is 0 Å². The minimum Gasteiger partial charge on any atom is -0.381 e. The largest absolute Gasteiger partial charge is 0.381 e. The number of rotatable bonds is 5. The van der Waals surface area contributed by atoms with E-state index in [0.717, 1.165) is 26.2 Å². The Hall–Kier alpha value is -0.930. The lowest BCUT2D eigenvalue weighted by Crippen LogP contribution is -2.51. The molecule has 0 aliphatic carbocycles. The van der Waals surface area contributed by atoms with E-state index >= 15 is 0 Å². The monoisotopic (exact) mass is 279 g/mol. The number of hydrogen-bond acceptors (Lipinski definition) is 2. The summed E-state index contributed by atoms with van der Waals surface area (Å²) >= 11 is 0. The lowest BCUT2D eigenvalue weighted by molar-refractivity contribution is 0.0272. The summed E-state index contributed by atoms with van der Waals surface area (Å²) < 4.78 is 18.8. The van der Waals surface area contributed by atoms with Gasteiger partial charge in [-0.3, -0.25) is 0 Å². The molecule has 0 bridgehead atoms. The highest BCUT2D eigenvalue weighted by Gasteiger charge is 2.37. The van der Waals surface area contributed by atoms with Crippen LogP contribution in [0.5, 0.6) is 0 Å². The molecular formula is C17H26FNO. The Balaban J connectivity index is 2.23. The molecular weight excluding hydrogens is 253 g/mol. The van der Waals surface area contributed by atoms with E-state index in [1.807, 2.05) is 12.1 Å². The summed E-state index contributed by atoms with van der Waals surface area (Å²) in [5, 5.41) is 3.63. The van der Waals surface area contributed by atoms with Gasteiger partial charge >= 0.3 is 0 Å². The predicted octanol–water partition coefficient (Wildman–Crippen LogP) is 3.51. The summed E-state index contributed by atoms with van der Waals surface area (Å²) in [6.07, 6.45) is 2.33. The summed E-state index contributed by atoms with van der Waals surface area (Å²) in [5.41, 5.74) is 1.13. The smallest absolute Gasteiger partial charge is 0.123 e. The first kappa shape index (κ1) is 15.5.